The number of rotatable bonds is 7. The lowest BCUT2D eigenvalue weighted by Gasteiger charge is -2.27. The highest BCUT2D eigenvalue weighted by Gasteiger charge is 2.32. The van der Waals surface area contributed by atoms with E-state index in [2.05, 4.69) is 6.07 Å². The molecule has 1 aromatic heterocycles. The number of fused-ring (bicyclic) bond motifs is 1. The van der Waals surface area contributed by atoms with Gasteiger partial charge in [0, 0.05) is 11.6 Å². The molecule has 1 unspecified atom stereocenters. The maximum absolute atomic E-state index is 13.2. The molecule has 8 nitrogen and oxygen atoms in total. The van der Waals surface area contributed by atoms with Gasteiger partial charge in [0.05, 0.1) is 19.3 Å². The first-order chi connectivity index (χ1) is 18.5. The van der Waals surface area contributed by atoms with Gasteiger partial charge >= 0.3 is 5.97 Å². The topological polar surface area (TPSA) is 117 Å². The van der Waals surface area contributed by atoms with Crippen molar-refractivity contribution in [3.8, 4) is 29.1 Å². The number of halogens is 1. The molecule has 0 radical (unpaired) electrons. The largest absolute Gasteiger partial charge is 0.493 e. The third-order valence-corrected chi connectivity index (χ3v) is 5.95. The molecule has 0 bridgehead atoms. The van der Waals surface area contributed by atoms with Crippen LogP contribution >= 0.6 is 0 Å². The molecule has 5 rings (SSSR count). The number of ether oxygens (including phenoxy) is 4. The van der Waals surface area contributed by atoms with Gasteiger partial charge in [-0.25, -0.2) is 9.18 Å². The highest BCUT2D eigenvalue weighted by molar-refractivity contribution is 5.88. The highest BCUT2D eigenvalue weighted by atomic mass is 19.1. The third kappa shape index (κ3) is 4.88. The van der Waals surface area contributed by atoms with Crippen molar-refractivity contribution in [2.24, 2.45) is 5.73 Å². The summed E-state index contributed by atoms with van der Waals surface area (Å²) in [7, 11) is 1.51. The minimum absolute atomic E-state index is 0.0570. The van der Waals surface area contributed by atoms with E-state index in [0.717, 1.165) is 5.56 Å². The fraction of sp³-hybridized carbons (Fsp3) is 0.103. The average molecular weight is 512 g/mol. The Hall–Kier alpha value is -5.23. The van der Waals surface area contributed by atoms with Crippen LogP contribution in [0.15, 0.2) is 94.9 Å². The van der Waals surface area contributed by atoms with Crippen LogP contribution in [0.4, 0.5) is 4.39 Å². The molecule has 0 spiro atoms. The first-order valence-corrected chi connectivity index (χ1v) is 11.5. The fourth-order valence-electron chi connectivity index (χ4n) is 4.12. The molecule has 1 atom stereocenters. The second kappa shape index (κ2) is 10.4. The summed E-state index contributed by atoms with van der Waals surface area (Å²) < 4.78 is 40.8. The number of nitrogens with two attached hydrogens (primary N) is 1. The number of allylic oxidation sites excluding steroid dienone is 1. The monoisotopic (exact) mass is 512 g/mol. The maximum atomic E-state index is 13.2. The van der Waals surface area contributed by atoms with Gasteiger partial charge < -0.3 is 29.1 Å². The second-order valence-electron chi connectivity index (χ2n) is 8.32. The van der Waals surface area contributed by atoms with E-state index in [4.69, 9.17) is 29.1 Å². The first kappa shape index (κ1) is 24.5. The van der Waals surface area contributed by atoms with E-state index < -0.39 is 11.9 Å². The number of nitriles is 1. The molecule has 2 heterocycles. The van der Waals surface area contributed by atoms with E-state index in [1.54, 1.807) is 48.5 Å². The van der Waals surface area contributed by atoms with Crippen molar-refractivity contribution in [3.63, 3.8) is 0 Å². The van der Waals surface area contributed by atoms with Crippen LogP contribution in [0.1, 0.15) is 33.2 Å². The van der Waals surface area contributed by atoms with E-state index in [1.165, 1.54) is 37.6 Å². The van der Waals surface area contributed by atoms with E-state index in [-0.39, 0.29) is 35.4 Å². The summed E-state index contributed by atoms with van der Waals surface area (Å²) in [6.45, 7) is 0.214. The van der Waals surface area contributed by atoms with Crippen molar-refractivity contribution in [3.05, 3.63) is 119 Å². The fourth-order valence-corrected chi connectivity index (χ4v) is 4.12. The van der Waals surface area contributed by atoms with E-state index in [1.807, 2.05) is 0 Å². The number of methoxy groups -OCH3 is 1. The number of carbonyl (C=O) groups is 1. The summed E-state index contributed by atoms with van der Waals surface area (Å²) in [6.07, 6.45) is 1.37. The van der Waals surface area contributed by atoms with Crippen molar-refractivity contribution in [2.75, 3.05) is 7.11 Å². The Kier molecular flexibility index (Phi) is 6.70. The zero-order valence-electron chi connectivity index (χ0n) is 20.1. The van der Waals surface area contributed by atoms with E-state index in [0.29, 0.717) is 28.4 Å². The Balaban J connectivity index is 1.44. The molecule has 0 saturated carbocycles. The zero-order valence-corrected chi connectivity index (χ0v) is 20.1. The molecular weight excluding hydrogens is 491 g/mol. The first-order valence-electron chi connectivity index (χ1n) is 11.5. The minimum Gasteiger partial charge on any atom is -0.493 e. The molecule has 0 aliphatic carbocycles. The third-order valence-electron chi connectivity index (χ3n) is 5.95. The predicted molar refractivity (Wildman–Crippen MR) is 133 cm³/mol. The van der Waals surface area contributed by atoms with Crippen LogP contribution in [-0.2, 0) is 6.61 Å². The predicted octanol–water partition coefficient (Wildman–Crippen LogP) is 5.44. The molecule has 9 heteroatoms. The van der Waals surface area contributed by atoms with E-state index in [9.17, 15) is 14.4 Å². The van der Waals surface area contributed by atoms with Crippen LogP contribution in [0.25, 0.3) is 0 Å². The molecule has 0 saturated heterocycles. The molecular formula is C29H21FN2O6. The number of hydrogen-bond acceptors (Lipinski definition) is 8. The van der Waals surface area contributed by atoms with Gasteiger partial charge in [-0.15, -0.1) is 0 Å². The summed E-state index contributed by atoms with van der Waals surface area (Å²) >= 11 is 0. The second-order valence-corrected chi connectivity index (χ2v) is 8.32. The van der Waals surface area contributed by atoms with Gasteiger partial charge in [-0.3, -0.25) is 0 Å². The Labute approximate surface area is 217 Å². The molecule has 0 amide bonds. The lowest BCUT2D eigenvalue weighted by atomic mass is 9.83. The van der Waals surface area contributed by atoms with Crippen molar-refractivity contribution >= 4 is 5.97 Å². The Bertz CT molecular complexity index is 1560. The smallest absolute Gasteiger partial charge is 0.379 e. The SMILES string of the molecule is COc1cc(C2C(C#N)=C(N)Oc3cc(OC(=O)c4ccco4)ccc32)ccc1OCc1ccc(F)cc1. The Morgan fingerprint density at radius 2 is 1.89 bits per heavy atom. The number of hydrogen-bond donors (Lipinski definition) is 1. The highest BCUT2D eigenvalue weighted by Crippen LogP contribution is 2.45. The van der Waals surface area contributed by atoms with Crippen LogP contribution in [-0.4, -0.2) is 13.1 Å². The summed E-state index contributed by atoms with van der Waals surface area (Å²) in [5, 5.41) is 9.88. The summed E-state index contributed by atoms with van der Waals surface area (Å²) in [5.74, 6) is -0.0808. The molecule has 0 fully saturated rings. The summed E-state index contributed by atoms with van der Waals surface area (Å²) in [5.41, 5.74) is 8.49. The number of benzene rings is 3. The molecule has 1 aliphatic rings. The molecule has 2 N–H and O–H groups in total. The lowest BCUT2D eigenvalue weighted by Crippen LogP contribution is -2.21. The van der Waals surface area contributed by atoms with E-state index >= 15 is 0 Å². The van der Waals surface area contributed by atoms with Crippen LogP contribution < -0.4 is 24.7 Å². The van der Waals surface area contributed by atoms with Crippen molar-refractivity contribution in [2.45, 2.75) is 12.5 Å². The van der Waals surface area contributed by atoms with Crippen molar-refractivity contribution in [1.82, 2.24) is 0 Å². The number of nitrogens with zero attached hydrogens (tertiary/aromatic N) is 1. The van der Waals surface area contributed by atoms with Gasteiger partial charge in [0.25, 0.3) is 0 Å². The molecule has 38 heavy (non-hydrogen) atoms. The lowest BCUT2D eigenvalue weighted by molar-refractivity contribution is 0.0701. The minimum atomic E-state index is -0.663. The number of carbonyl (C=O) groups excluding carboxylic acids is 1. The average Bonchev–Trinajstić information content (AvgIpc) is 3.47. The van der Waals surface area contributed by atoms with Gasteiger partial charge in [0.2, 0.25) is 11.6 Å². The van der Waals surface area contributed by atoms with Crippen LogP contribution in [0.5, 0.6) is 23.0 Å². The number of esters is 1. The van der Waals surface area contributed by atoms with Gasteiger partial charge in [0.15, 0.2) is 11.5 Å². The molecule has 1 aliphatic heterocycles. The Morgan fingerprint density at radius 3 is 2.61 bits per heavy atom. The molecule has 4 aromatic rings. The van der Waals surface area contributed by atoms with Gasteiger partial charge in [0.1, 0.15) is 35.6 Å². The standard InChI is InChI=1S/C29H21FN2O6/c1-34-26-13-18(6-11-23(26)36-16-17-4-7-19(30)8-5-17)27-21-10-9-20(37-29(33)24-3-2-12-35-24)14-25(21)38-28(32)22(27)15-31/h2-14,27H,16,32H2,1H3. The molecule has 190 valence electrons. The maximum Gasteiger partial charge on any atom is 0.379 e. The van der Waals surface area contributed by atoms with Gasteiger partial charge in [-0.1, -0.05) is 24.3 Å². The van der Waals surface area contributed by atoms with Gasteiger partial charge in [-0.05, 0) is 53.6 Å². The number of furan rings is 1. The van der Waals surface area contributed by atoms with Gasteiger partial charge in [-0.2, -0.15) is 5.26 Å². The normalized spacial score (nSPS) is 14.2. The zero-order chi connectivity index (χ0) is 26.6. The van der Waals surface area contributed by atoms with Crippen LogP contribution in [0, 0.1) is 17.1 Å². The quantitative estimate of drug-likeness (QED) is 0.257. The molecule has 3 aromatic carbocycles. The summed E-state index contributed by atoms with van der Waals surface area (Å²) in [4.78, 5) is 12.3. The van der Waals surface area contributed by atoms with Crippen LogP contribution in [0.3, 0.4) is 0 Å². The van der Waals surface area contributed by atoms with Crippen molar-refractivity contribution in [1.29, 1.82) is 5.26 Å². The summed E-state index contributed by atoms with van der Waals surface area (Å²) in [6, 6.07) is 21.4. The Morgan fingerprint density at radius 1 is 1.08 bits per heavy atom. The van der Waals surface area contributed by atoms with Crippen molar-refractivity contribution < 1.29 is 32.5 Å². The van der Waals surface area contributed by atoms with Crippen LogP contribution in [0.2, 0.25) is 0 Å².